The molecule has 0 spiro atoms. The van der Waals surface area contributed by atoms with Gasteiger partial charge in [0.1, 0.15) is 11.5 Å². The monoisotopic (exact) mass is 894 g/mol. The molecule has 9 aromatic carbocycles. The van der Waals surface area contributed by atoms with Gasteiger partial charge in [-0.2, -0.15) is 0 Å². The number of rotatable bonds is 11. The Morgan fingerprint density at radius 2 is 0.725 bits per heavy atom. The Labute approximate surface area is 406 Å². The third kappa shape index (κ3) is 8.79. The second-order valence-corrected chi connectivity index (χ2v) is 18.2. The van der Waals surface area contributed by atoms with E-state index in [4.69, 9.17) is 4.74 Å². The van der Waals surface area contributed by atoms with E-state index in [2.05, 4.69) is 278 Å². The van der Waals surface area contributed by atoms with Crippen LogP contribution in [0.4, 0.5) is 17.1 Å². The molecule has 0 saturated heterocycles. The van der Waals surface area contributed by atoms with E-state index in [0.717, 1.165) is 96.3 Å². The van der Waals surface area contributed by atoms with Gasteiger partial charge in [0, 0.05) is 61.0 Å². The highest BCUT2D eigenvalue weighted by molar-refractivity contribution is 5.97. The molecule has 5 heteroatoms. The number of hydrogen-bond acceptors (Lipinski definition) is 5. The molecule has 0 unspecified atom stereocenters. The van der Waals surface area contributed by atoms with Crippen molar-refractivity contribution < 1.29 is 4.74 Å². The quantitative estimate of drug-likeness (QED) is 0.129. The van der Waals surface area contributed by atoms with Crippen molar-refractivity contribution in [2.75, 3.05) is 35.1 Å². The van der Waals surface area contributed by atoms with Gasteiger partial charge in [0.2, 0.25) is 0 Å². The summed E-state index contributed by atoms with van der Waals surface area (Å²) in [7, 11) is 2.11. The highest BCUT2D eigenvalue weighted by Gasteiger charge is 2.24. The van der Waals surface area contributed by atoms with Crippen LogP contribution in [0.2, 0.25) is 0 Å². The molecule has 11 rings (SSSR count). The number of anilines is 3. The highest BCUT2D eigenvalue weighted by Crippen LogP contribution is 2.46. The lowest BCUT2D eigenvalue weighted by Gasteiger charge is -2.26. The smallest absolute Gasteiger partial charge is 0.130 e. The summed E-state index contributed by atoms with van der Waals surface area (Å²) in [6, 6.07) is 74.2. The molecular weight excluding hydrogens is 841 g/mol. The lowest BCUT2D eigenvalue weighted by atomic mass is 9.87. The number of hydrogen-bond donors (Lipinski definition) is 0. The minimum absolute atomic E-state index is 0.659. The molecule has 0 bridgehead atoms. The first-order valence-corrected chi connectivity index (χ1v) is 23.7. The van der Waals surface area contributed by atoms with Crippen LogP contribution in [-0.4, -0.2) is 25.3 Å². The molecule has 0 fully saturated rings. The molecule has 0 aromatic heterocycles. The molecule has 0 amide bonds. The van der Waals surface area contributed by atoms with Crippen molar-refractivity contribution in [3.8, 4) is 78.3 Å². The molecule has 336 valence electrons. The van der Waals surface area contributed by atoms with E-state index in [-0.39, 0.29) is 0 Å². The van der Waals surface area contributed by atoms with E-state index < -0.39 is 0 Å². The first-order valence-electron chi connectivity index (χ1n) is 23.7. The highest BCUT2D eigenvalue weighted by atomic mass is 16.5. The van der Waals surface area contributed by atoms with Crippen LogP contribution in [0.1, 0.15) is 16.7 Å². The summed E-state index contributed by atoms with van der Waals surface area (Å²) in [4.78, 5) is 9.16. The maximum absolute atomic E-state index is 7.35. The zero-order chi connectivity index (χ0) is 46.8. The van der Waals surface area contributed by atoms with Gasteiger partial charge < -0.3 is 24.3 Å². The van der Waals surface area contributed by atoms with E-state index in [1.165, 1.54) is 22.4 Å². The van der Waals surface area contributed by atoms with Gasteiger partial charge in [-0.05, 0) is 123 Å². The molecule has 0 atom stereocenters. The number of nitrogens with zero attached hydrogens (tertiary/aromatic N) is 4. The van der Waals surface area contributed by atoms with Crippen molar-refractivity contribution in [1.29, 1.82) is 0 Å². The predicted molar refractivity (Wildman–Crippen MR) is 289 cm³/mol. The van der Waals surface area contributed by atoms with Crippen LogP contribution in [0.15, 0.2) is 231 Å². The molecule has 2 heterocycles. The molecule has 0 N–H and O–H groups in total. The Hall–Kier alpha value is -8.54. The summed E-state index contributed by atoms with van der Waals surface area (Å²) in [5.74, 6) is 1.50. The summed E-state index contributed by atoms with van der Waals surface area (Å²) in [6.07, 6.45) is 8.67. The van der Waals surface area contributed by atoms with Crippen molar-refractivity contribution in [1.82, 2.24) is 4.90 Å². The maximum atomic E-state index is 7.35. The van der Waals surface area contributed by atoms with Gasteiger partial charge in [-0.15, -0.1) is 0 Å². The average molecular weight is 895 g/mol. The Kier molecular flexibility index (Phi) is 11.6. The lowest BCUT2D eigenvalue weighted by molar-refractivity contribution is 0.481. The summed E-state index contributed by atoms with van der Waals surface area (Å²) in [5.41, 5.74) is 20.8. The van der Waals surface area contributed by atoms with Crippen molar-refractivity contribution in [3.63, 3.8) is 0 Å². The van der Waals surface area contributed by atoms with Gasteiger partial charge in [-0.3, -0.25) is 0 Å². The average Bonchev–Trinajstić information content (AvgIpc) is 4.06. The lowest BCUT2D eigenvalue weighted by Crippen LogP contribution is -2.25. The van der Waals surface area contributed by atoms with Crippen LogP contribution >= 0.6 is 0 Å². The van der Waals surface area contributed by atoms with Crippen LogP contribution in [0.3, 0.4) is 0 Å². The van der Waals surface area contributed by atoms with Gasteiger partial charge in [0.25, 0.3) is 0 Å². The first-order chi connectivity index (χ1) is 33.8. The Balaban J connectivity index is 1.10. The summed E-state index contributed by atoms with van der Waals surface area (Å²) >= 11 is 0. The van der Waals surface area contributed by atoms with Crippen LogP contribution in [-0.2, 0) is 0 Å². The van der Waals surface area contributed by atoms with Gasteiger partial charge in [-0.25, -0.2) is 0 Å². The van der Waals surface area contributed by atoms with Crippen LogP contribution < -0.4 is 19.4 Å². The third-order valence-corrected chi connectivity index (χ3v) is 13.3. The Morgan fingerprint density at radius 3 is 1.12 bits per heavy atom. The van der Waals surface area contributed by atoms with E-state index in [0.29, 0.717) is 6.67 Å². The fourth-order valence-corrected chi connectivity index (χ4v) is 10.3. The van der Waals surface area contributed by atoms with Crippen molar-refractivity contribution in [3.05, 3.63) is 248 Å². The Morgan fingerprint density at radius 1 is 0.348 bits per heavy atom. The van der Waals surface area contributed by atoms with Crippen molar-refractivity contribution in [2.24, 2.45) is 0 Å². The van der Waals surface area contributed by atoms with Gasteiger partial charge in [0.05, 0.1) is 13.3 Å². The zero-order valence-electron chi connectivity index (χ0n) is 39.6. The van der Waals surface area contributed by atoms with Gasteiger partial charge in [-0.1, -0.05) is 175 Å². The van der Waals surface area contributed by atoms with Crippen molar-refractivity contribution in [2.45, 2.75) is 20.8 Å². The minimum atomic E-state index is 0.659. The van der Waals surface area contributed by atoms with E-state index in [9.17, 15) is 0 Å². The normalized spacial score (nSPS) is 13.2. The summed E-state index contributed by atoms with van der Waals surface area (Å²) in [5, 5.41) is 0. The number of benzene rings is 9. The summed E-state index contributed by atoms with van der Waals surface area (Å²) < 4.78 is 7.35. The van der Waals surface area contributed by atoms with Crippen LogP contribution in [0, 0.1) is 20.8 Å². The number of aryl methyl sites for hydroxylation is 3. The topological polar surface area (TPSA) is 22.2 Å². The molecule has 0 radical (unpaired) electrons. The predicted octanol–water partition coefficient (Wildman–Crippen LogP) is 16.3. The molecular formula is C64H54N4O. The third-order valence-electron chi connectivity index (χ3n) is 13.3. The molecule has 2 aliphatic heterocycles. The first kappa shape index (κ1) is 43.1. The minimum Gasteiger partial charge on any atom is -0.457 e. The standard InChI is InChI=1S/C64H54N4O/c1-45-35-46(2)64(47(3)36-45)68-34-33-67(44-68)55-38-53(63-60(50-23-13-7-14-24-50)29-18-30-61(63)51-25-15-8-16-26-51)40-57(42-55)69-56-39-52(37-54(41-56)66-32-31-65(4)43-66)62-58(48-19-9-5-10-20-48)27-17-28-59(62)49-21-11-6-12-22-49/h5-42H,43-44H2,1-4H3. The zero-order valence-corrected chi connectivity index (χ0v) is 39.6. The van der Waals surface area contributed by atoms with Gasteiger partial charge in [0.15, 0.2) is 0 Å². The van der Waals surface area contributed by atoms with E-state index in [1.54, 1.807) is 0 Å². The molecule has 0 saturated carbocycles. The second-order valence-electron chi connectivity index (χ2n) is 18.2. The van der Waals surface area contributed by atoms with E-state index in [1.807, 2.05) is 0 Å². The van der Waals surface area contributed by atoms with Crippen LogP contribution in [0.25, 0.3) is 66.8 Å². The van der Waals surface area contributed by atoms with Crippen molar-refractivity contribution >= 4 is 17.1 Å². The second kappa shape index (κ2) is 18.6. The fourth-order valence-electron chi connectivity index (χ4n) is 10.3. The molecule has 69 heavy (non-hydrogen) atoms. The van der Waals surface area contributed by atoms with Crippen LogP contribution in [0.5, 0.6) is 11.5 Å². The molecule has 2 aliphatic rings. The van der Waals surface area contributed by atoms with Gasteiger partial charge >= 0.3 is 0 Å². The fraction of sp³-hybridized carbons (Fsp3) is 0.0938. The summed E-state index contributed by atoms with van der Waals surface area (Å²) in [6.45, 7) is 7.98. The molecule has 5 nitrogen and oxygen atoms in total. The number of ether oxygens (including phenoxy) is 1. The SMILES string of the molecule is Cc1cc(C)c(N2C=CN(c3cc(Oc4cc(-c5c(-c6ccccc6)cccc5-c5ccccc5)cc(N5C=CN(C)C5)c4)cc(-c4c(-c5ccccc5)cccc4-c4ccccc4)c3)C2)c(C)c1. The maximum Gasteiger partial charge on any atom is 0.130 e. The molecule has 0 aliphatic carbocycles. The molecule has 9 aromatic rings. The van der Waals surface area contributed by atoms with E-state index >= 15 is 0 Å². The Bertz CT molecular complexity index is 3230. The largest absolute Gasteiger partial charge is 0.457 e.